The van der Waals surface area contributed by atoms with Crippen LogP contribution in [0.2, 0.25) is 0 Å². The Morgan fingerprint density at radius 2 is 1.74 bits per heavy atom. The number of nitrogens with zero attached hydrogens (tertiary/aromatic N) is 5. The number of aromatic nitrogens is 2. The molecule has 18 heteroatoms. The number of amides is 4. The zero-order valence-electron chi connectivity index (χ0n) is 38.0. The van der Waals surface area contributed by atoms with Gasteiger partial charge < -0.3 is 54.3 Å². The Morgan fingerprint density at radius 1 is 0.954 bits per heavy atom. The highest BCUT2D eigenvalue weighted by molar-refractivity contribution is 6.07. The first-order valence-electron chi connectivity index (χ1n) is 21.6. The van der Waals surface area contributed by atoms with Gasteiger partial charge in [0.15, 0.2) is 0 Å². The highest BCUT2D eigenvalue weighted by atomic mass is 16.5. The Hall–Kier alpha value is -6.37. The van der Waals surface area contributed by atoms with E-state index in [1.54, 1.807) is 43.2 Å². The molecule has 0 bridgehead atoms. The lowest BCUT2D eigenvalue weighted by atomic mass is 9.92. The number of ether oxygens (including phenoxy) is 6. The maximum Gasteiger partial charge on any atom is 0.432 e. The van der Waals surface area contributed by atoms with Gasteiger partial charge in [-0.1, -0.05) is 25.1 Å². The van der Waals surface area contributed by atoms with Crippen molar-refractivity contribution in [2.45, 2.75) is 70.6 Å². The third-order valence-corrected chi connectivity index (χ3v) is 12.6. The second-order valence-electron chi connectivity index (χ2n) is 16.9. The standard InChI is InChI=1S/C47H58N8O10/c1-25-13-39(55(21-25)44(56)36(26(2)61-5)19-50-46(58)63-7)43-51-38-12-10-29-16-35-33-11-9-30(15-31(33)24-65-40(35)17-34(29)42(38)52-43)37(48)20-49-18-32-14-28(23-60-4)22-54(32)45(57)41(27(3)62-6)53-47(59)64-8/h9-12,15-20,25-28,32,36,39,41H,13-14,21-24,48H2,1-8H3,(H,51,52)(H,53,59)/b37-20-,49-18?,50-19-/t25-,26+,27+,28-,32-,36?,39-,41-/m0/s1. The Labute approximate surface area is 377 Å². The van der Waals surface area contributed by atoms with Gasteiger partial charge >= 0.3 is 12.2 Å². The van der Waals surface area contributed by atoms with Crippen molar-refractivity contribution >= 4 is 63.9 Å². The highest BCUT2D eigenvalue weighted by Gasteiger charge is 2.41. The van der Waals surface area contributed by atoms with Crippen LogP contribution in [0.1, 0.15) is 56.6 Å². The van der Waals surface area contributed by atoms with E-state index in [2.05, 4.69) is 38.0 Å². The van der Waals surface area contributed by atoms with Gasteiger partial charge in [-0.3, -0.25) is 14.6 Å². The predicted octanol–water partition coefficient (Wildman–Crippen LogP) is 5.62. The molecule has 3 aliphatic heterocycles. The number of aliphatic imine (C=N–C) groups is 2. The van der Waals surface area contributed by atoms with E-state index in [1.165, 1.54) is 34.7 Å². The van der Waals surface area contributed by atoms with E-state index < -0.39 is 36.4 Å². The second kappa shape index (κ2) is 20.2. The Morgan fingerprint density at radius 3 is 2.46 bits per heavy atom. The van der Waals surface area contributed by atoms with Crippen LogP contribution >= 0.6 is 0 Å². The first kappa shape index (κ1) is 46.6. The van der Waals surface area contributed by atoms with Gasteiger partial charge in [-0.05, 0) is 78.9 Å². The molecule has 4 aromatic rings. The maximum absolute atomic E-state index is 14.1. The molecule has 1 unspecified atom stereocenters. The molecule has 2 fully saturated rings. The molecule has 0 spiro atoms. The van der Waals surface area contributed by atoms with Crippen LogP contribution in [-0.4, -0.2) is 136 Å². The first-order chi connectivity index (χ1) is 31.3. The number of benzene rings is 3. The molecule has 4 N–H and O–H groups in total. The van der Waals surface area contributed by atoms with Crippen LogP contribution in [0.15, 0.2) is 58.6 Å². The number of fused-ring (bicyclic) bond motifs is 6. The van der Waals surface area contributed by atoms with Gasteiger partial charge in [0.25, 0.3) is 0 Å². The van der Waals surface area contributed by atoms with Crippen molar-refractivity contribution < 1.29 is 47.6 Å². The van der Waals surface area contributed by atoms with Crippen LogP contribution in [0, 0.1) is 17.8 Å². The summed E-state index contributed by atoms with van der Waals surface area (Å²) in [6.45, 7) is 7.29. The molecule has 7 rings (SSSR count). The summed E-state index contributed by atoms with van der Waals surface area (Å²) in [6.07, 6.45) is 3.24. The van der Waals surface area contributed by atoms with E-state index in [0.717, 1.165) is 49.8 Å². The van der Waals surface area contributed by atoms with Crippen molar-refractivity contribution in [3.05, 3.63) is 65.6 Å². The molecular weight excluding hydrogens is 837 g/mol. The SMILES string of the molecule is COC[C@H]1C[C@@H](C=N/C=C(\N)c2ccc3c(c2)COc2cc4c(ccc5[nH]c([C@@H]6C[C@H](C)CN6C(=O)C(/C=N\C(=O)OC)[C@@H](C)OC)nc54)cc2-3)N(C(=O)[C@@H](NC(=O)OC)[C@@H](C)OC)C1. The minimum atomic E-state index is -0.964. The van der Waals surface area contributed by atoms with Crippen molar-refractivity contribution in [2.75, 3.05) is 55.2 Å². The molecule has 3 aliphatic rings. The van der Waals surface area contributed by atoms with Crippen molar-refractivity contribution in [1.29, 1.82) is 0 Å². The lowest BCUT2D eigenvalue weighted by Gasteiger charge is -2.30. The van der Waals surface area contributed by atoms with Crippen molar-refractivity contribution in [1.82, 2.24) is 25.1 Å². The summed E-state index contributed by atoms with van der Waals surface area (Å²) in [5.41, 5.74) is 12.3. The molecule has 4 heterocycles. The van der Waals surface area contributed by atoms with Gasteiger partial charge in [0, 0.05) is 63.7 Å². The Balaban J connectivity index is 1.11. The molecule has 18 nitrogen and oxygen atoms in total. The zero-order valence-corrected chi connectivity index (χ0v) is 38.0. The first-order valence-corrected chi connectivity index (χ1v) is 21.6. The summed E-state index contributed by atoms with van der Waals surface area (Å²) < 4.78 is 32.1. The Bertz CT molecular complexity index is 2520. The second-order valence-corrected chi connectivity index (χ2v) is 16.9. The van der Waals surface area contributed by atoms with Crippen LogP contribution < -0.4 is 15.8 Å². The number of nitrogens with two attached hydrogens (primary N) is 1. The number of aromatic amines is 1. The van der Waals surface area contributed by atoms with E-state index in [0.29, 0.717) is 50.7 Å². The van der Waals surface area contributed by atoms with E-state index in [9.17, 15) is 19.2 Å². The fourth-order valence-electron chi connectivity index (χ4n) is 9.00. The van der Waals surface area contributed by atoms with Crippen LogP contribution in [-0.2, 0) is 39.9 Å². The quantitative estimate of drug-likeness (QED) is 0.131. The number of nitrogens with one attached hydrogen (secondary N) is 2. The molecule has 8 atom stereocenters. The van der Waals surface area contributed by atoms with E-state index in [4.69, 9.17) is 34.4 Å². The Kier molecular flexibility index (Phi) is 14.5. The maximum atomic E-state index is 14.1. The molecule has 0 aliphatic carbocycles. The summed E-state index contributed by atoms with van der Waals surface area (Å²) in [4.78, 5) is 72.3. The molecule has 346 valence electrons. The van der Waals surface area contributed by atoms with Crippen LogP contribution in [0.25, 0.3) is 38.6 Å². The van der Waals surface area contributed by atoms with Crippen molar-refractivity contribution in [3.63, 3.8) is 0 Å². The highest BCUT2D eigenvalue weighted by Crippen LogP contribution is 2.43. The topological polar surface area (TPSA) is 222 Å². The fourth-order valence-corrected chi connectivity index (χ4v) is 9.00. The van der Waals surface area contributed by atoms with Crippen LogP contribution in [0.5, 0.6) is 5.75 Å². The number of methoxy groups -OCH3 is 5. The molecule has 1 aromatic heterocycles. The summed E-state index contributed by atoms with van der Waals surface area (Å²) in [5.74, 6) is 0.353. The summed E-state index contributed by atoms with van der Waals surface area (Å²) in [7, 11) is 7.09. The van der Waals surface area contributed by atoms with Crippen LogP contribution in [0.4, 0.5) is 9.59 Å². The average Bonchev–Trinajstić information content (AvgIpc) is 4.05. The minimum absolute atomic E-state index is 0.0674. The summed E-state index contributed by atoms with van der Waals surface area (Å²) in [5, 5.41) is 4.49. The number of imidazole rings is 1. The van der Waals surface area contributed by atoms with Crippen molar-refractivity contribution in [3.8, 4) is 16.9 Å². The predicted molar refractivity (Wildman–Crippen MR) is 244 cm³/mol. The van der Waals surface area contributed by atoms with Gasteiger partial charge in [0.2, 0.25) is 11.8 Å². The molecule has 3 aromatic carbocycles. The number of carbonyl (C=O) groups excluding carboxylic acids is 4. The fraction of sp³-hybridized carbons (Fsp3) is 0.468. The van der Waals surface area contributed by atoms with Gasteiger partial charge in [0.05, 0.1) is 74.0 Å². The van der Waals surface area contributed by atoms with Gasteiger partial charge in [-0.2, -0.15) is 4.99 Å². The normalized spacial score (nSPS) is 21.6. The number of hydrogen-bond donors (Lipinski definition) is 3. The molecule has 2 saturated heterocycles. The summed E-state index contributed by atoms with van der Waals surface area (Å²) in [6, 6.07) is 12.5. The lowest BCUT2D eigenvalue weighted by molar-refractivity contribution is -0.138. The lowest BCUT2D eigenvalue weighted by Crippen LogP contribution is -2.55. The van der Waals surface area contributed by atoms with Gasteiger partial charge in [-0.25, -0.2) is 14.6 Å². The number of carbonyl (C=O) groups is 4. The molecule has 0 radical (unpaired) electrons. The molecule has 4 amide bonds. The number of alkyl carbamates (subject to hydrolysis) is 1. The molecular formula is C47H58N8O10. The number of rotatable bonds is 14. The van der Waals surface area contributed by atoms with Gasteiger partial charge in [-0.15, -0.1) is 0 Å². The number of likely N-dealkylation sites (tertiary alicyclic amines) is 2. The van der Waals surface area contributed by atoms with Gasteiger partial charge in [0.1, 0.15) is 24.2 Å². The van der Waals surface area contributed by atoms with E-state index in [1.807, 2.05) is 36.4 Å². The van der Waals surface area contributed by atoms with Crippen molar-refractivity contribution in [2.24, 2.45) is 33.5 Å². The van der Waals surface area contributed by atoms with Crippen LogP contribution in [0.3, 0.4) is 0 Å². The largest absolute Gasteiger partial charge is 0.488 e. The molecule has 65 heavy (non-hydrogen) atoms. The molecule has 0 saturated carbocycles. The number of hydrogen-bond acceptors (Lipinski definition) is 13. The van der Waals surface area contributed by atoms with E-state index >= 15 is 0 Å². The van der Waals surface area contributed by atoms with E-state index in [-0.39, 0.29) is 35.7 Å². The third kappa shape index (κ3) is 9.84. The smallest absolute Gasteiger partial charge is 0.432 e. The monoisotopic (exact) mass is 894 g/mol. The minimum Gasteiger partial charge on any atom is -0.488 e. The summed E-state index contributed by atoms with van der Waals surface area (Å²) >= 11 is 0. The average molecular weight is 895 g/mol. The zero-order chi connectivity index (χ0) is 46.5. The number of H-pyrrole nitrogens is 1. The third-order valence-electron chi connectivity index (χ3n) is 12.6.